The number of morpholine rings is 1. The van der Waals surface area contributed by atoms with Gasteiger partial charge in [0.05, 0.1) is 35.0 Å². The Morgan fingerprint density at radius 3 is 2.79 bits per heavy atom. The van der Waals surface area contributed by atoms with Gasteiger partial charge in [0.15, 0.2) is 4.80 Å². The van der Waals surface area contributed by atoms with Crippen molar-refractivity contribution in [1.29, 1.82) is 0 Å². The third-order valence-electron chi connectivity index (χ3n) is 5.24. The molecule has 0 unspecified atom stereocenters. The Balaban J connectivity index is 1.74. The predicted molar refractivity (Wildman–Crippen MR) is 127 cm³/mol. The van der Waals surface area contributed by atoms with Gasteiger partial charge in [-0.25, -0.2) is 0 Å². The second kappa shape index (κ2) is 9.97. The Kier molecular flexibility index (Phi) is 6.85. The van der Waals surface area contributed by atoms with Gasteiger partial charge in [-0.05, 0) is 37.3 Å². The number of anilines is 1. The van der Waals surface area contributed by atoms with E-state index in [1.54, 1.807) is 18.2 Å². The first-order chi connectivity index (χ1) is 16.0. The van der Waals surface area contributed by atoms with E-state index in [0.29, 0.717) is 49.9 Å². The molecule has 10 heteroatoms. The molecule has 0 N–H and O–H groups in total. The third kappa shape index (κ3) is 4.81. The third-order valence-corrected chi connectivity index (χ3v) is 6.29. The highest BCUT2D eigenvalue weighted by Gasteiger charge is 2.23. The summed E-state index contributed by atoms with van der Waals surface area (Å²) in [5.41, 5.74) is 1.43. The first-order valence-electron chi connectivity index (χ1n) is 10.6. The van der Waals surface area contributed by atoms with E-state index >= 15 is 0 Å². The largest absolute Gasteiger partial charge is 0.494 e. The minimum Gasteiger partial charge on any atom is -0.494 e. The molecule has 0 saturated carbocycles. The van der Waals surface area contributed by atoms with Crippen LogP contribution in [-0.2, 0) is 11.3 Å². The fraction of sp³-hybridized carbons (Fsp3) is 0.304. The average Bonchev–Trinajstić information content (AvgIpc) is 3.15. The first-order valence-corrected chi connectivity index (χ1v) is 11.4. The van der Waals surface area contributed by atoms with Crippen molar-refractivity contribution in [3.63, 3.8) is 0 Å². The highest BCUT2D eigenvalue weighted by Crippen LogP contribution is 2.30. The molecule has 0 spiro atoms. The molecule has 3 aromatic rings. The lowest BCUT2D eigenvalue weighted by atomic mass is 10.1. The van der Waals surface area contributed by atoms with Gasteiger partial charge in [0.2, 0.25) is 0 Å². The normalized spacial score (nSPS) is 14.5. The molecule has 1 aliphatic heterocycles. The Hall–Kier alpha value is -3.50. The van der Waals surface area contributed by atoms with Gasteiger partial charge in [0.25, 0.3) is 11.6 Å². The molecule has 1 saturated heterocycles. The first kappa shape index (κ1) is 22.7. The molecule has 0 aliphatic carbocycles. The van der Waals surface area contributed by atoms with Crippen LogP contribution in [0.5, 0.6) is 5.75 Å². The number of hydrogen-bond acceptors (Lipinski definition) is 7. The summed E-state index contributed by atoms with van der Waals surface area (Å²) in [6, 6.07) is 10.2. The van der Waals surface area contributed by atoms with Crippen LogP contribution in [0.15, 0.2) is 54.0 Å². The van der Waals surface area contributed by atoms with Gasteiger partial charge in [-0.2, -0.15) is 4.99 Å². The molecule has 33 heavy (non-hydrogen) atoms. The molecule has 0 radical (unpaired) electrons. The Morgan fingerprint density at radius 2 is 2.09 bits per heavy atom. The quantitative estimate of drug-likeness (QED) is 0.297. The van der Waals surface area contributed by atoms with Crippen LogP contribution in [0, 0.1) is 10.1 Å². The molecule has 4 rings (SSSR count). The molecule has 1 aromatic heterocycles. The van der Waals surface area contributed by atoms with Crippen LogP contribution in [0.2, 0.25) is 0 Å². The Bertz CT molecular complexity index is 1270. The molecule has 1 aliphatic rings. The number of rotatable bonds is 7. The van der Waals surface area contributed by atoms with E-state index in [4.69, 9.17) is 9.47 Å². The van der Waals surface area contributed by atoms with Crippen LogP contribution in [0.3, 0.4) is 0 Å². The SMILES string of the molecule is C=CCn1c(=NC(=O)c2ccc(N3CCOCC3)c([N+](=O)[O-])c2)sc2cc(OCC)ccc21. The van der Waals surface area contributed by atoms with E-state index in [9.17, 15) is 14.9 Å². The van der Waals surface area contributed by atoms with Crippen molar-refractivity contribution in [1.82, 2.24) is 4.57 Å². The van der Waals surface area contributed by atoms with Crippen LogP contribution in [-0.4, -0.2) is 48.3 Å². The van der Waals surface area contributed by atoms with Crippen molar-refractivity contribution in [3.05, 3.63) is 69.5 Å². The van der Waals surface area contributed by atoms with E-state index in [0.717, 1.165) is 16.0 Å². The molecule has 9 nitrogen and oxygen atoms in total. The number of nitro groups is 1. The summed E-state index contributed by atoms with van der Waals surface area (Å²) in [6.45, 7) is 8.87. The lowest BCUT2D eigenvalue weighted by Crippen LogP contribution is -2.36. The van der Waals surface area contributed by atoms with Gasteiger partial charge in [-0.15, -0.1) is 6.58 Å². The molecule has 0 atom stereocenters. The van der Waals surface area contributed by atoms with Gasteiger partial charge in [-0.1, -0.05) is 17.4 Å². The van der Waals surface area contributed by atoms with E-state index in [2.05, 4.69) is 11.6 Å². The van der Waals surface area contributed by atoms with Gasteiger partial charge in [0.1, 0.15) is 11.4 Å². The van der Waals surface area contributed by atoms with Crippen molar-refractivity contribution < 1.29 is 19.2 Å². The van der Waals surface area contributed by atoms with Crippen molar-refractivity contribution in [2.75, 3.05) is 37.8 Å². The zero-order chi connectivity index (χ0) is 23.4. The highest BCUT2D eigenvalue weighted by molar-refractivity contribution is 7.16. The molecule has 1 fully saturated rings. The lowest BCUT2D eigenvalue weighted by molar-refractivity contribution is -0.384. The van der Waals surface area contributed by atoms with Gasteiger partial charge in [0, 0.05) is 31.3 Å². The van der Waals surface area contributed by atoms with Crippen LogP contribution >= 0.6 is 11.3 Å². The van der Waals surface area contributed by atoms with Gasteiger partial charge in [-0.3, -0.25) is 14.9 Å². The van der Waals surface area contributed by atoms with Gasteiger partial charge >= 0.3 is 0 Å². The van der Waals surface area contributed by atoms with E-state index in [1.165, 1.54) is 17.4 Å². The van der Waals surface area contributed by atoms with E-state index in [1.807, 2.05) is 34.6 Å². The fourth-order valence-electron chi connectivity index (χ4n) is 3.73. The number of amides is 1. The molecular weight excluding hydrogens is 444 g/mol. The summed E-state index contributed by atoms with van der Waals surface area (Å²) in [4.78, 5) is 30.9. The minimum absolute atomic E-state index is 0.116. The fourth-order valence-corrected chi connectivity index (χ4v) is 4.79. The van der Waals surface area contributed by atoms with Crippen molar-refractivity contribution in [2.45, 2.75) is 13.5 Å². The summed E-state index contributed by atoms with van der Waals surface area (Å²) in [5, 5.41) is 11.7. The topological polar surface area (TPSA) is 99.2 Å². The Morgan fingerprint density at radius 1 is 1.30 bits per heavy atom. The van der Waals surface area contributed by atoms with Crippen LogP contribution < -0.4 is 14.4 Å². The van der Waals surface area contributed by atoms with Crippen LogP contribution in [0.4, 0.5) is 11.4 Å². The number of carbonyl (C=O) groups is 1. The maximum atomic E-state index is 13.0. The average molecular weight is 469 g/mol. The summed E-state index contributed by atoms with van der Waals surface area (Å²) >= 11 is 1.35. The number of carbonyl (C=O) groups excluding carboxylic acids is 1. The lowest BCUT2D eigenvalue weighted by Gasteiger charge is -2.28. The maximum absolute atomic E-state index is 13.0. The molecule has 2 aromatic carbocycles. The molecule has 0 bridgehead atoms. The summed E-state index contributed by atoms with van der Waals surface area (Å²) in [7, 11) is 0. The van der Waals surface area contributed by atoms with Gasteiger partial charge < -0.3 is 18.9 Å². The van der Waals surface area contributed by atoms with Crippen LogP contribution in [0.25, 0.3) is 10.2 Å². The highest BCUT2D eigenvalue weighted by atomic mass is 32.1. The number of hydrogen-bond donors (Lipinski definition) is 0. The molecule has 172 valence electrons. The standard InChI is InChI=1S/C23H24N4O5S/c1-3-9-26-19-8-6-17(32-4-2)15-21(19)33-23(26)24-22(28)16-5-7-18(20(14-16)27(29)30)25-10-12-31-13-11-25/h3,5-8,14-15H,1,4,9-13H2,2H3. The summed E-state index contributed by atoms with van der Waals surface area (Å²) < 4.78 is 13.7. The second-order valence-corrected chi connectivity index (χ2v) is 8.33. The van der Waals surface area contributed by atoms with E-state index < -0.39 is 10.8 Å². The number of benzene rings is 2. The van der Waals surface area contributed by atoms with Crippen molar-refractivity contribution >= 4 is 38.8 Å². The maximum Gasteiger partial charge on any atom is 0.293 e. The monoisotopic (exact) mass is 468 g/mol. The number of fused-ring (bicyclic) bond motifs is 1. The molecule has 1 amide bonds. The molecule has 2 heterocycles. The minimum atomic E-state index is -0.541. The van der Waals surface area contributed by atoms with Crippen LogP contribution in [0.1, 0.15) is 17.3 Å². The number of nitro benzene ring substituents is 1. The zero-order valence-corrected chi connectivity index (χ0v) is 19.0. The number of allylic oxidation sites excluding steroid dienone is 1. The second-order valence-electron chi connectivity index (χ2n) is 7.32. The zero-order valence-electron chi connectivity index (χ0n) is 18.2. The van der Waals surface area contributed by atoms with Crippen molar-refractivity contribution in [3.8, 4) is 5.75 Å². The number of aromatic nitrogens is 1. The Labute approximate surface area is 194 Å². The number of thiazole rings is 1. The van der Waals surface area contributed by atoms with E-state index in [-0.39, 0.29) is 11.3 Å². The summed E-state index contributed by atoms with van der Waals surface area (Å²) in [5.74, 6) is 0.199. The summed E-state index contributed by atoms with van der Waals surface area (Å²) in [6.07, 6.45) is 1.73. The number of nitrogens with zero attached hydrogens (tertiary/aromatic N) is 4. The molecular formula is C23H24N4O5S. The van der Waals surface area contributed by atoms with Crippen molar-refractivity contribution in [2.24, 2.45) is 4.99 Å². The smallest absolute Gasteiger partial charge is 0.293 e. The number of ether oxygens (including phenoxy) is 2. The predicted octanol–water partition coefficient (Wildman–Crippen LogP) is 3.77.